The van der Waals surface area contributed by atoms with Crippen LogP contribution in [0.3, 0.4) is 0 Å². The van der Waals surface area contributed by atoms with Gasteiger partial charge in [-0.05, 0) is 6.92 Å². The van der Waals surface area contributed by atoms with E-state index < -0.39 is 10.8 Å². The molecule has 1 amide bonds. The lowest BCUT2D eigenvalue weighted by molar-refractivity contribution is -0.122. The molecule has 1 rings (SSSR count). The van der Waals surface area contributed by atoms with Crippen molar-refractivity contribution in [2.24, 2.45) is 0 Å². The minimum absolute atomic E-state index is 0.0206. The first-order valence-corrected chi connectivity index (χ1v) is 7.30. The Hall–Kier alpha value is -0.0700. The Morgan fingerprint density at radius 2 is 2.50 bits per heavy atom. The van der Waals surface area contributed by atoms with E-state index in [1.165, 1.54) is 0 Å². The van der Waals surface area contributed by atoms with Crippen molar-refractivity contribution >= 4 is 28.5 Å². The minimum atomic E-state index is -0.869. The van der Waals surface area contributed by atoms with Gasteiger partial charge in [0.05, 0.1) is 6.04 Å². The van der Waals surface area contributed by atoms with Crippen LogP contribution in [0, 0.1) is 0 Å². The summed E-state index contributed by atoms with van der Waals surface area (Å²) in [4.78, 5) is 11.5. The van der Waals surface area contributed by atoms with Gasteiger partial charge in [0, 0.05) is 40.5 Å². The SMILES string of the molecule is CC(CNC(=O)C1CSCN1)S(C)=O. The second-order valence-corrected chi connectivity index (χ2v) is 6.16. The highest BCUT2D eigenvalue weighted by Crippen LogP contribution is 2.09. The lowest BCUT2D eigenvalue weighted by atomic mass is 10.3. The van der Waals surface area contributed by atoms with Crippen molar-refractivity contribution in [3.05, 3.63) is 0 Å². The second-order valence-electron chi connectivity index (χ2n) is 3.33. The highest BCUT2D eigenvalue weighted by Gasteiger charge is 2.22. The van der Waals surface area contributed by atoms with E-state index in [-0.39, 0.29) is 17.2 Å². The highest BCUT2D eigenvalue weighted by molar-refractivity contribution is 7.99. The molecule has 0 radical (unpaired) electrons. The summed E-state index contributed by atoms with van der Waals surface area (Å²) in [7, 11) is -0.869. The van der Waals surface area contributed by atoms with Crippen LogP contribution in [0.1, 0.15) is 6.92 Å². The first-order valence-electron chi connectivity index (χ1n) is 4.52. The molecule has 0 bridgehead atoms. The predicted molar refractivity (Wildman–Crippen MR) is 60.8 cm³/mol. The molecule has 14 heavy (non-hydrogen) atoms. The smallest absolute Gasteiger partial charge is 0.238 e. The summed E-state index contributed by atoms with van der Waals surface area (Å²) in [5.41, 5.74) is 0. The van der Waals surface area contributed by atoms with Crippen molar-refractivity contribution in [2.45, 2.75) is 18.2 Å². The first-order chi connectivity index (χ1) is 6.61. The molecule has 6 heteroatoms. The van der Waals surface area contributed by atoms with E-state index in [0.717, 1.165) is 11.6 Å². The zero-order valence-corrected chi connectivity index (χ0v) is 10.0. The molecule has 2 N–H and O–H groups in total. The van der Waals surface area contributed by atoms with E-state index in [1.807, 2.05) is 6.92 Å². The molecule has 3 atom stereocenters. The molecular formula is C8H16N2O2S2. The van der Waals surface area contributed by atoms with Crippen LogP contribution in [-0.4, -0.2) is 45.8 Å². The van der Waals surface area contributed by atoms with Crippen LogP contribution < -0.4 is 10.6 Å². The number of hydrogen-bond donors (Lipinski definition) is 2. The third-order valence-electron chi connectivity index (χ3n) is 2.16. The van der Waals surface area contributed by atoms with Crippen molar-refractivity contribution in [2.75, 3.05) is 24.4 Å². The molecule has 3 unspecified atom stereocenters. The molecule has 82 valence electrons. The van der Waals surface area contributed by atoms with E-state index in [0.29, 0.717) is 6.54 Å². The van der Waals surface area contributed by atoms with Crippen LogP contribution in [0.2, 0.25) is 0 Å². The molecule has 1 fully saturated rings. The third kappa shape index (κ3) is 3.59. The number of carbonyl (C=O) groups is 1. The Balaban J connectivity index is 2.23. The van der Waals surface area contributed by atoms with Gasteiger partial charge in [0.15, 0.2) is 0 Å². The van der Waals surface area contributed by atoms with Gasteiger partial charge in [0.1, 0.15) is 0 Å². The minimum Gasteiger partial charge on any atom is -0.354 e. The van der Waals surface area contributed by atoms with Gasteiger partial charge >= 0.3 is 0 Å². The molecule has 1 saturated heterocycles. The third-order valence-corrected chi connectivity index (χ3v) is 4.40. The van der Waals surface area contributed by atoms with Crippen molar-refractivity contribution < 1.29 is 9.00 Å². The van der Waals surface area contributed by atoms with Crippen molar-refractivity contribution in [1.29, 1.82) is 0 Å². The van der Waals surface area contributed by atoms with Gasteiger partial charge in [-0.1, -0.05) is 0 Å². The maximum atomic E-state index is 11.5. The standard InChI is InChI=1S/C8H16N2O2S2/c1-6(14(2)12)3-9-8(11)7-4-13-5-10-7/h6-7,10H,3-5H2,1-2H3,(H,9,11). The van der Waals surface area contributed by atoms with Crippen molar-refractivity contribution in [1.82, 2.24) is 10.6 Å². The normalized spacial score (nSPS) is 25.7. The fourth-order valence-electron chi connectivity index (χ4n) is 1.05. The van der Waals surface area contributed by atoms with E-state index >= 15 is 0 Å². The van der Waals surface area contributed by atoms with Gasteiger partial charge in [-0.25, -0.2) is 0 Å². The summed E-state index contributed by atoms with van der Waals surface area (Å²) in [6.07, 6.45) is 1.65. The Morgan fingerprint density at radius 1 is 1.79 bits per heavy atom. The monoisotopic (exact) mass is 236 g/mol. The molecular weight excluding hydrogens is 220 g/mol. The first kappa shape index (κ1) is 12.0. The summed E-state index contributed by atoms with van der Waals surface area (Å²) >= 11 is 1.72. The number of hydrogen-bond acceptors (Lipinski definition) is 4. The predicted octanol–water partition coefficient (Wildman–Crippen LogP) is -0.468. The zero-order chi connectivity index (χ0) is 10.6. The average molecular weight is 236 g/mol. The maximum absolute atomic E-state index is 11.5. The number of nitrogens with one attached hydrogen (secondary N) is 2. The van der Waals surface area contributed by atoms with Crippen LogP contribution in [-0.2, 0) is 15.6 Å². The van der Waals surface area contributed by atoms with Crippen molar-refractivity contribution in [3.8, 4) is 0 Å². The average Bonchev–Trinajstić information content (AvgIpc) is 2.66. The molecule has 0 aliphatic carbocycles. The van der Waals surface area contributed by atoms with Crippen LogP contribution in [0.5, 0.6) is 0 Å². The summed E-state index contributed by atoms with van der Waals surface area (Å²) in [5.74, 6) is 1.69. The van der Waals surface area contributed by atoms with Crippen LogP contribution in [0.25, 0.3) is 0 Å². The molecule has 1 heterocycles. The number of amides is 1. The molecule has 0 aromatic carbocycles. The maximum Gasteiger partial charge on any atom is 0.238 e. The van der Waals surface area contributed by atoms with E-state index in [1.54, 1.807) is 18.0 Å². The van der Waals surface area contributed by atoms with Gasteiger partial charge < -0.3 is 5.32 Å². The molecule has 0 aromatic heterocycles. The summed E-state index contributed by atoms with van der Waals surface area (Å²) in [5, 5.41) is 5.90. The second kappa shape index (κ2) is 5.72. The van der Waals surface area contributed by atoms with Gasteiger partial charge in [-0.3, -0.25) is 14.3 Å². The lowest BCUT2D eigenvalue weighted by Crippen LogP contribution is -2.44. The Kier molecular flexibility index (Phi) is 4.91. The van der Waals surface area contributed by atoms with E-state index in [2.05, 4.69) is 10.6 Å². The molecule has 0 aromatic rings. The van der Waals surface area contributed by atoms with Gasteiger partial charge in [0.25, 0.3) is 0 Å². The molecule has 1 aliphatic heterocycles. The largest absolute Gasteiger partial charge is 0.354 e. The Morgan fingerprint density at radius 3 is 3.00 bits per heavy atom. The van der Waals surface area contributed by atoms with Gasteiger partial charge in [-0.2, -0.15) is 0 Å². The zero-order valence-electron chi connectivity index (χ0n) is 8.41. The summed E-state index contributed by atoms with van der Waals surface area (Å²) in [6, 6.07) is -0.0718. The lowest BCUT2D eigenvalue weighted by Gasteiger charge is -2.13. The van der Waals surface area contributed by atoms with E-state index in [9.17, 15) is 9.00 Å². The topological polar surface area (TPSA) is 58.2 Å². The molecule has 4 nitrogen and oxygen atoms in total. The highest BCUT2D eigenvalue weighted by atomic mass is 32.2. The number of thioether (sulfide) groups is 1. The quantitative estimate of drug-likeness (QED) is 0.693. The van der Waals surface area contributed by atoms with Crippen molar-refractivity contribution in [3.63, 3.8) is 0 Å². The Labute approximate surface area is 91.0 Å². The fraction of sp³-hybridized carbons (Fsp3) is 0.875. The Bertz CT molecular complexity index is 229. The number of carbonyl (C=O) groups excluding carboxylic acids is 1. The summed E-state index contributed by atoms with van der Waals surface area (Å²) < 4.78 is 11.0. The van der Waals surface area contributed by atoms with E-state index in [4.69, 9.17) is 0 Å². The van der Waals surface area contributed by atoms with Crippen LogP contribution in [0.4, 0.5) is 0 Å². The van der Waals surface area contributed by atoms with Gasteiger partial charge in [-0.15, -0.1) is 11.8 Å². The molecule has 0 saturated carbocycles. The molecule has 0 spiro atoms. The van der Waals surface area contributed by atoms with Gasteiger partial charge in [0.2, 0.25) is 5.91 Å². The van der Waals surface area contributed by atoms with Crippen LogP contribution in [0.15, 0.2) is 0 Å². The fourth-order valence-corrected chi connectivity index (χ4v) is 2.31. The van der Waals surface area contributed by atoms with Crippen LogP contribution >= 0.6 is 11.8 Å². The molecule has 1 aliphatic rings. The number of rotatable bonds is 4. The summed E-state index contributed by atoms with van der Waals surface area (Å²) in [6.45, 7) is 2.36.